The van der Waals surface area contributed by atoms with Gasteiger partial charge in [-0.2, -0.15) is 13.2 Å². The van der Waals surface area contributed by atoms with E-state index >= 15 is 0 Å². The van der Waals surface area contributed by atoms with E-state index in [1.165, 1.54) is 24.3 Å². The minimum Gasteiger partial charge on any atom is -0.543 e. The summed E-state index contributed by atoms with van der Waals surface area (Å²) in [6, 6.07) is 9.27. The smallest absolute Gasteiger partial charge is 0.417 e. The van der Waals surface area contributed by atoms with Gasteiger partial charge in [0.1, 0.15) is 12.4 Å². The number of ether oxygens (including phenoxy) is 1. The predicted octanol–water partition coefficient (Wildman–Crippen LogP) is 5.33. The molecule has 2 aromatic heterocycles. The fraction of sp³-hybridized carbons (Fsp3) is 0.208. The van der Waals surface area contributed by atoms with Gasteiger partial charge in [0.25, 0.3) is 0 Å². The molecule has 0 spiro atoms. The number of rotatable bonds is 6. The molecule has 1 aliphatic carbocycles. The van der Waals surface area contributed by atoms with Crippen LogP contribution in [0.2, 0.25) is 5.02 Å². The molecule has 4 rings (SSSR count). The van der Waals surface area contributed by atoms with Crippen molar-refractivity contribution < 1.29 is 32.2 Å². The molecule has 0 saturated carbocycles. The summed E-state index contributed by atoms with van der Waals surface area (Å²) in [5.41, 5.74) is 0.412. The number of hydrogen-bond donors (Lipinski definition) is 0. The fourth-order valence-electron chi connectivity index (χ4n) is 3.76. The first-order valence-electron chi connectivity index (χ1n) is 10.2. The number of alkyl halides is 3. The molecule has 0 N–H and O–H groups in total. The van der Waals surface area contributed by atoms with Crippen LogP contribution in [0.5, 0.6) is 5.88 Å². The highest BCUT2D eigenvalue weighted by atomic mass is 35.5. The number of nitrogens with zero attached hydrogens (tertiary/aromatic N) is 2. The van der Waals surface area contributed by atoms with Gasteiger partial charge in [0.15, 0.2) is 0 Å². The molecule has 2 heterocycles. The van der Waals surface area contributed by atoms with E-state index in [-0.39, 0.29) is 34.3 Å². The summed E-state index contributed by atoms with van der Waals surface area (Å²) < 4.78 is 60.1. The van der Waals surface area contributed by atoms with E-state index in [0.29, 0.717) is 42.3 Å². The zero-order valence-electron chi connectivity index (χ0n) is 17.5. The van der Waals surface area contributed by atoms with Crippen LogP contribution >= 0.6 is 11.6 Å². The van der Waals surface area contributed by atoms with Crippen LogP contribution in [-0.4, -0.2) is 15.9 Å². The number of hydrogen-bond acceptors (Lipinski definition) is 5. The molecule has 0 aliphatic heterocycles. The second-order valence-corrected chi connectivity index (χ2v) is 8.04. The van der Waals surface area contributed by atoms with Gasteiger partial charge in [-0.25, -0.2) is 14.4 Å². The highest BCUT2D eigenvalue weighted by Crippen LogP contribution is 2.43. The molecule has 1 aliphatic rings. The third-order valence-electron chi connectivity index (χ3n) is 5.37. The van der Waals surface area contributed by atoms with Gasteiger partial charge in [-0.15, -0.1) is 0 Å². The van der Waals surface area contributed by atoms with E-state index in [1.807, 2.05) is 0 Å². The van der Waals surface area contributed by atoms with Crippen molar-refractivity contribution in [3.63, 3.8) is 0 Å². The Balaban J connectivity index is 1.78. The average molecular weight is 492 g/mol. The third-order valence-corrected chi connectivity index (χ3v) is 5.60. The number of carbonyl (C=O) groups is 1. The number of carbonyl (C=O) groups excluding carboxylic acids is 1. The van der Waals surface area contributed by atoms with Crippen molar-refractivity contribution in [1.29, 1.82) is 0 Å². The normalized spacial score (nSPS) is 13.9. The summed E-state index contributed by atoms with van der Waals surface area (Å²) >= 11 is 5.76. The van der Waals surface area contributed by atoms with E-state index < -0.39 is 23.5 Å². The SMILES string of the molecule is O=C([O-])c1cccc(C2=C(c3cc(C(F)(F)F)cnc3OCc3ccc(Cl)cc3F)CCC2)n1. The molecule has 3 aromatic rings. The molecule has 0 bridgehead atoms. The number of halogens is 5. The van der Waals surface area contributed by atoms with Crippen LogP contribution in [0.3, 0.4) is 0 Å². The number of benzene rings is 1. The summed E-state index contributed by atoms with van der Waals surface area (Å²) in [5, 5.41) is 11.4. The van der Waals surface area contributed by atoms with E-state index in [1.54, 1.807) is 6.07 Å². The molecule has 0 fully saturated rings. The predicted molar refractivity (Wildman–Crippen MR) is 114 cm³/mol. The molecule has 0 saturated heterocycles. The first-order chi connectivity index (χ1) is 16.1. The zero-order valence-corrected chi connectivity index (χ0v) is 18.2. The van der Waals surface area contributed by atoms with Crippen LogP contribution in [-0.2, 0) is 12.8 Å². The van der Waals surface area contributed by atoms with Gasteiger partial charge in [-0.1, -0.05) is 23.7 Å². The van der Waals surface area contributed by atoms with Crippen LogP contribution in [0, 0.1) is 5.82 Å². The van der Waals surface area contributed by atoms with Gasteiger partial charge in [-0.3, -0.25) is 0 Å². The van der Waals surface area contributed by atoms with Gasteiger partial charge in [0.05, 0.1) is 22.9 Å². The Morgan fingerprint density at radius 3 is 2.59 bits per heavy atom. The largest absolute Gasteiger partial charge is 0.543 e. The standard InChI is InChI=1S/C24H17ClF4N2O3/c25-15-8-7-13(19(26)10-15)12-34-22-18(9-14(11-30-22)24(27,28)29)16-3-1-4-17(16)20-5-2-6-21(31-20)23(32)33/h2,5-11H,1,3-4,12H2,(H,32,33)/p-1. The minimum absolute atomic E-state index is 0.0948. The Kier molecular flexibility index (Phi) is 6.56. The molecule has 0 amide bonds. The lowest BCUT2D eigenvalue weighted by molar-refractivity contribution is -0.255. The zero-order chi connectivity index (χ0) is 24.5. The number of allylic oxidation sites excluding steroid dienone is 2. The van der Waals surface area contributed by atoms with Crippen molar-refractivity contribution in [1.82, 2.24) is 9.97 Å². The Morgan fingerprint density at radius 1 is 1.12 bits per heavy atom. The molecular weight excluding hydrogens is 476 g/mol. The Hall–Kier alpha value is -3.46. The first kappa shape index (κ1) is 23.7. The topological polar surface area (TPSA) is 75.1 Å². The van der Waals surface area contributed by atoms with Crippen molar-refractivity contribution in [2.45, 2.75) is 32.0 Å². The summed E-state index contributed by atoms with van der Waals surface area (Å²) in [4.78, 5) is 19.2. The molecular formula is C24H16ClF4N2O3-. The fourth-order valence-corrected chi connectivity index (χ4v) is 3.92. The second-order valence-electron chi connectivity index (χ2n) is 7.61. The molecule has 5 nitrogen and oxygen atoms in total. The Morgan fingerprint density at radius 2 is 1.88 bits per heavy atom. The van der Waals surface area contributed by atoms with Crippen LogP contribution in [0.25, 0.3) is 11.1 Å². The second kappa shape index (κ2) is 9.42. The van der Waals surface area contributed by atoms with E-state index in [9.17, 15) is 27.5 Å². The molecule has 0 radical (unpaired) electrons. The number of aromatic nitrogens is 2. The van der Waals surface area contributed by atoms with Crippen LogP contribution < -0.4 is 9.84 Å². The van der Waals surface area contributed by atoms with Crippen molar-refractivity contribution in [3.8, 4) is 5.88 Å². The lowest BCUT2D eigenvalue weighted by atomic mass is 9.99. The maximum Gasteiger partial charge on any atom is 0.417 e. The molecule has 34 heavy (non-hydrogen) atoms. The molecule has 0 unspecified atom stereocenters. The highest BCUT2D eigenvalue weighted by molar-refractivity contribution is 6.30. The maximum atomic E-state index is 14.2. The van der Waals surface area contributed by atoms with Crippen molar-refractivity contribution in [3.05, 3.63) is 87.6 Å². The van der Waals surface area contributed by atoms with Gasteiger partial charge in [-0.05, 0) is 60.7 Å². The van der Waals surface area contributed by atoms with Crippen LogP contribution in [0.15, 0.2) is 48.7 Å². The van der Waals surface area contributed by atoms with Crippen molar-refractivity contribution >= 4 is 28.7 Å². The number of aromatic carboxylic acids is 1. The van der Waals surface area contributed by atoms with Crippen molar-refractivity contribution in [2.24, 2.45) is 0 Å². The van der Waals surface area contributed by atoms with Crippen LogP contribution in [0.4, 0.5) is 17.6 Å². The average Bonchev–Trinajstić information content (AvgIpc) is 3.27. The van der Waals surface area contributed by atoms with Crippen LogP contribution in [0.1, 0.15) is 52.1 Å². The maximum absolute atomic E-state index is 14.2. The molecule has 1 aromatic carbocycles. The van der Waals surface area contributed by atoms with Gasteiger partial charge in [0.2, 0.25) is 5.88 Å². The third kappa shape index (κ3) is 5.04. The Labute approximate surface area is 196 Å². The quantitative estimate of drug-likeness (QED) is 0.436. The summed E-state index contributed by atoms with van der Waals surface area (Å²) in [6.07, 6.45) is -2.50. The monoisotopic (exact) mass is 491 g/mol. The number of carboxylic acid groups (broad SMARTS) is 1. The number of pyridine rings is 2. The highest BCUT2D eigenvalue weighted by Gasteiger charge is 2.33. The molecule has 176 valence electrons. The van der Waals surface area contributed by atoms with Gasteiger partial charge >= 0.3 is 6.18 Å². The molecule has 0 atom stereocenters. The minimum atomic E-state index is -4.64. The summed E-state index contributed by atoms with van der Waals surface area (Å²) in [7, 11) is 0. The summed E-state index contributed by atoms with van der Waals surface area (Å²) in [5.74, 6) is -2.19. The van der Waals surface area contributed by atoms with Gasteiger partial charge in [0, 0.05) is 22.3 Å². The number of carboxylic acids is 1. The molecule has 10 heteroatoms. The van der Waals surface area contributed by atoms with E-state index in [2.05, 4.69) is 9.97 Å². The Bertz CT molecular complexity index is 1290. The lowest BCUT2D eigenvalue weighted by Gasteiger charge is -2.16. The van der Waals surface area contributed by atoms with Crippen molar-refractivity contribution in [2.75, 3.05) is 0 Å². The van der Waals surface area contributed by atoms with E-state index in [0.717, 1.165) is 12.1 Å². The van der Waals surface area contributed by atoms with Gasteiger partial charge < -0.3 is 14.6 Å². The first-order valence-corrected chi connectivity index (χ1v) is 10.6. The van der Waals surface area contributed by atoms with E-state index in [4.69, 9.17) is 16.3 Å². The lowest BCUT2D eigenvalue weighted by Crippen LogP contribution is -2.23. The summed E-state index contributed by atoms with van der Waals surface area (Å²) in [6.45, 7) is -0.282.